The first kappa shape index (κ1) is 24.9. The second-order valence-electron chi connectivity index (χ2n) is 8.09. The van der Waals surface area contributed by atoms with Crippen LogP contribution in [0.1, 0.15) is 51.4 Å². The zero-order valence-corrected chi connectivity index (χ0v) is 19.2. The van der Waals surface area contributed by atoms with Crippen LogP contribution < -0.4 is 10.7 Å². The highest BCUT2D eigenvalue weighted by Gasteiger charge is 2.36. The van der Waals surface area contributed by atoms with Gasteiger partial charge in [0.05, 0.1) is 0 Å². The van der Waals surface area contributed by atoms with Gasteiger partial charge in [-0.1, -0.05) is 37.4 Å². The van der Waals surface area contributed by atoms with Gasteiger partial charge in [0.1, 0.15) is 6.04 Å². The number of hydrogen-bond acceptors (Lipinski definition) is 6. The summed E-state index contributed by atoms with van der Waals surface area (Å²) in [6.07, 6.45) is 7.40. The van der Waals surface area contributed by atoms with E-state index in [4.69, 9.17) is 4.74 Å². The van der Waals surface area contributed by atoms with Gasteiger partial charge in [0.25, 0.3) is 0 Å². The third kappa shape index (κ3) is 6.85. The number of ether oxygens (including phenoxy) is 1. The van der Waals surface area contributed by atoms with E-state index in [0.29, 0.717) is 31.2 Å². The zero-order valence-electron chi connectivity index (χ0n) is 17.6. The molecule has 1 atom stereocenters. The molecule has 3 rings (SSSR count). The van der Waals surface area contributed by atoms with Crippen molar-refractivity contribution < 1.29 is 19.1 Å². The van der Waals surface area contributed by atoms with E-state index in [9.17, 15) is 14.4 Å². The first-order chi connectivity index (χ1) is 14.1. The number of thioether (sulfide) groups is 1. The highest BCUT2D eigenvalue weighted by Crippen LogP contribution is 2.25. The molecule has 2 heterocycles. The second-order valence-corrected chi connectivity index (χ2v) is 9.16. The van der Waals surface area contributed by atoms with Gasteiger partial charge >= 0.3 is 5.91 Å². The fourth-order valence-corrected chi connectivity index (χ4v) is 5.12. The molecule has 3 fully saturated rings. The molecule has 1 aliphatic carbocycles. The van der Waals surface area contributed by atoms with Crippen molar-refractivity contribution in [3.8, 4) is 0 Å². The predicted octanol–water partition coefficient (Wildman–Crippen LogP) is 1.92. The van der Waals surface area contributed by atoms with Gasteiger partial charge in [0.15, 0.2) is 5.17 Å². The van der Waals surface area contributed by atoms with Crippen molar-refractivity contribution >= 4 is 46.9 Å². The average Bonchev–Trinajstić information content (AvgIpc) is 2.97. The molecule has 8 nitrogen and oxygen atoms in total. The summed E-state index contributed by atoms with van der Waals surface area (Å²) in [6, 6.07) is -0.816. The van der Waals surface area contributed by atoms with Crippen LogP contribution in [-0.2, 0) is 19.1 Å². The van der Waals surface area contributed by atoms with Crippen molar-refractivity contribution in [2.45, 2.75) is 57.4 Å². The van der Waals surface area contributed by atoms with E-state index >= 15 is 0 Å². The molecule has 3 aliphatic rings. The third-order valence-electron chi connectivity index (χ3n) is 6.00. The van der Waals surface area contributed by atoms with Gasteiger partial charge < -0.3 is 15.0 Å². The maximum Gasteiger partial charge on any atom is 0.309 e. The van der Waals surface area contributed by atoms with E-state index in [0.717, 1.165) is 50.8 Å². The molecular formula is C20H33ClN4O4S. The van der Waals surface area contributed by atoms with Gasteiger partial charge in [-0.3, -0.25) is 14.4 Å². The molecule has 2 amide bonds. The van der Waals surface area contributed by atoms with E-state index in [1.807, 2.05) is 11.9 Å². The van der Waals surface area contributed by atoms with Crippen LogP contribution in [0.3, 0.4) is 0 Å². The Balaban J connectivity index is 0.00000320. The Kier molecular flexibility index (Phi) is 10.4. The molecular weight excluding hydrogens is 428 g/mol. The van der Waals surface area contributed by atoms with Crippen molar-refractivity contribution in [3.63, 3.8) is 0 Å². The Bertz CT molecular complexity index is 634. The minimum atomic E-state index is -0.816. The summed E-state index contributed by atoms with van der Waals surface area (Å²) in [5.74, 6) is -0.736. The first-order valence-electron chi connectivity index (χ1n) is 10.7. The van der Waals surface area contributed by atoms with Crippen molar-refractivity contribution in [1.82, 2.24) is 15.6 Å². The van der Waals surface area contributed by atoms with Crippen LogP contribution in [0.25, 0.3) is 0 Å². The number of hydrazone groups is 1. The minimum Gasteiger partial charge on any atom is -0.381 e. The normalized spacial score (nSPS) is 23.4. The summed E-state index contributed by atoms with van der Waals surface area (Å²) < 4.78 is 5.40. The first-order valence-corrected chi connectivity index (χ1v) is 11.7. The number of carbonyl (C=O) groups excluding carboxylic acids is 3. The topological polar surface area (TPSA) is 100 Å². The molecule has 10 heteroatoms. The van der Waals surface area contributed by atoms with E-state index in [1.54, 1.807) is 0 Å². The number of amides is 2. The molecule has 0 bridgehead atoms. The summed E-state index contributed by atoms with van der Waals surface area (Å²) in [4.78, 5) is 40.3. The number of carbonyl (C=O) groups is 3. The molecule has 2 N–H and O–H groups in total. The Morgan fingerprint density at radius 3 is 2.37 bits per heavy atom. The summed E-state index contributed by atoms with van der Waals surface area (Å²) in [5.41, 5.74) is 2.39. The molecule has 0 aromatic heterocycles. The zero-order chi connectivity index (χ0) is 20.6. The lowest BCUT2D eigenvalue weighted by Crippen LogP contribution is -2.53. The fourth-order valence-electron chi connectivity index (χ4n) is 4.15. The standard InChI is InChI=1S/C20H32N4O4S.ClH/c1-24-10-13-29-20(24)23-22-19(27)17(25)16(14-8-11-28-12-9-14)21-18(26)15-6-4-2-3-5-7-15;/h14-16H,2-13H2,1H3,(H,21,26)(H,22,27);1H/b23-20-;. The fraction of sp³-hybridized carbons (Fsp3) is 0.800. The minimum absolute atomic E-state index is 0. The van der Waals surface area contributed by atoms with E-state index < -0.39 is 17.7 Å². The SMILES string of the molecule is CN1CCS/C1=N\NC(=O)C(=O)C(NC(=O)C1CCCCCC1)C1CCOCC1.Cl. The van der Waals surface area contributed by atoms with Crippen LogP contribution in [0.5, 0.6) is 0 Å². The smallest absolute Gasteiger partial charge is 0.309 e. The van der Waals surface area contributed by atoms with Gasteiger partial charge in [-0.2, -0.15) is 0 Å². The largest absolute Gasteiger partial charge is 0.381 e. The average molecular weight is 461 g/mol. The molecule has 2 aliphatic heterocycles. The number of rotatable bonds is 6. The number of Topliss-reactive ketones (excluding diaryl/α,β-unsaturated/α-hetero) is 1. The predicted molar refractivity (Wildman–Crippen MR) is 120 cm³/mol. The lowest BCUT2D eigenvalue weighted by atomic mass is 9.87. The molecule has 0 spiro atoms. The maximum absolute atomic E-state index is 13.0. The van der Waals surface area contributed by atoms with Gasteiger partial charge in [0.2, 0.25) is 11.7 Å². The molecule has 1 unspecified atom stereocenters. The van der Waals surface area contributed by atoms with E-state index in [-0.39, 0.29) is 30.2 Å². The van der Waals surface area contributed by atoms with Gasteiger partial charge in [0, 0.05) is 38.5 Å². The Hall–Kier alpha value is -1.32. The number of hydrogen-bond donors (Lipinski definition) is 2. The second kappa shape index (κ2) is 12.5. The number of amidine groups is 1. The monoisotopic (exact) mass is 460 g/mol. The van der Waals surface area contributed by atoms with Crippen LogP contribution in [-0.4, -0.2) is 66.3 Å². The number of halogens is 1. The Labute approximate surface area is 188 Å². The number of nitrogens with zero attached hydrogens (tertiary/aromatic N) is 2. The summed E-state index contributed by atoms with van der Waals surface area (Å²) in [5, 5.41) is 7.71. The molecule has 170 valence electrons. The van der Waals surface area contributed by atoms with Crippen LogP contribution in [0.4, 0.5) is 0 Å². The van der Waals surface area contributed by atoms with Crippen molar-refractivity contribution in [1.29, 1.82) is 0 Å². The molecule has 30 heavy (non-hydrogen) atoms. The molecule has 0 aromatic carbocycles. The van der Waals surface area contributed by atoms with E-state index in [2.05, 4.69) is 15.8 Å². The van der Waals surface area contributed by atoms with Crippen molar-refractivity contribution in [3.05, 3.63) is 0 Å². The summed E-state index contributed by atoms with van der Waals surface area (Å²) >= 11 is 1.54. The van der Waals surface area contributed by atoms with E-state index in [1.165, 1.54) is 11.8 Å². The Morgan fingerprint density at radius 1 is 1.10 bits per heavy atom. The highest BCUT2D eigenvalue weighted by molar-refractivity contribution is 8.14. The molecule has 1 saturated carbocycles. The van der Waals surface area contributed by atoms with Crippen molar-refractivity contribution in [2.24, 2.45) is 16.9 Å². The van der Waals surface area contributed by atoms with Crippen LogP contribution >= 0.6 is 24.2 Å². The molecule has 2 saturated heterocycles. The quantitative estimate of drug-likeness (QED) is 0.357. The maximum atomic E-state index is 13.0. The Morgan fingerprint density at radius 2 is 1.77 bits per heavy atom. The van der Waals surface area contributed by atoms with Gasteiger partial charge in [-0.25, -0.2) is 5.43 Å². The van der Waals surface area contributed by atoms with Crippen LogP contribution in [0.15, 0.2) is 5.10 Å². The molecule has 0 aromatic rings. The van der Waals surface area contributed by atoms with Crippen LogP contribution in [0.2, 0.25) is 0 Å². The number of ketones is 1. The van der Waals surface area contributed by atoms with Gasteiger partial charge in [-0.05, 0) is 31.6 Å². The molecule has 0 radical (unpaired) electrons. The van der Waals surface area contributed by atoms with Crippen molar-refractivity contribution in [2.75, 3.05) is 32.6 Å². The number of nitrogens with one attached hydrogen (secondary N) is 2. The highest BCUT2D eigenvalue weighted by atomic mass is 35.5. The lowest BCUT2D eigenvalue weighted by molar-refractivity contribution is -0.142. The lowest BCUT2D eigenvalue weighted by Gasteiger charge is -2.30. The van der Waals surface area contributed by atoms with Crippen LogP contribution in [0, 0.1) is 11.8 Å². The summed E-state index contributed by atoms with van der Waals surface area (Å²) in [7, 11) is 1.89. The third-order valence-corrected chi connectivity index (χ3v) is 7.05. The van der Waals surface area contributed by atoms with Gasteiger partial charge in [-0.15, -0.1) is 17.5 Å². The summed E-state index contributed by atoms with van der Waals surface area (Å²) in [6.45, 7) is 1.94.